The van der Waals surface area contributed by atoms with Crippen LogP contribution >= 0.6 is 31.9 Å². The van der Waals surface area contributed by atoms with Crippen molar-refractivity contribution in [1.82, 2.24) is 5.43 Å². The molecule has 0 aliphatic carbocycles. The molecule has 0 saturated heterocycles. The number of halogens is 2. The van der Waals surface area contributed by atoms with Crippen LogP contribution < -0.4 is 19.6 Å². The third-order valence-electron chi connectivity index (χ3n) is 4.16. The Morgan fingerprint density at radius 1 is 1.10 bits per heavy atom. The first-order chi connectivity index (χ1) is 14.5. The number of carbonyl (C=O) groups excluding carboxylic acids is 1. The number of benzene rings is 3. The summed E-state index contributed by atoms with van der Waals surface area (Å²) in [7, 11) is 1.53. The highest BCUT2D eigenvalue weighted by Crippen LogP contribution is 2.38. The van der Waals surface area contributed by atoms with Crippen molar-refractivity contribution in [2.75, 3.05) is 20.3 Å². The summed E-state index contributed by atoms with van der Waals surface area (Å²) in [6.45, 7) is 2.23. The zero-order chi connectivity index (χ0) is 21.5. The lowest BCUT2D eigenvalue weighted by molar-refractivity contribution is -0.123. The summed E-state index contributed by atoms with van der Waals surface area (Å²) in [6.07, 6.45) is 1.58. The standard InChI is InChI=1S/C22H20Br2N2O4/c1-3-29-19-9-8-14-6-4-5-7-16(14)17(19)12-25-26-21(27)13-30-22-18(24)10-15(23)11-20(22)28-2/h4-12H,3,13H2,1-2H3,(H,26,27)/b25-12+. The fraction of sp³-hybridized carbons (Fsp3) is 0.182. The number of hydrogen-bond donors (Lipinski definition) is 1. The van der Waals surface area contributed by atoms with Gasteiger partial charge in [0.15, 0.2) is 18.1 Å². The van der Waals surface area contributed by atoms with Crippen molar-refractivity contribution in [3.8, 4) is 17.2 Å². The molecule has 1 N–H and O–H groups in total. The van der Waals surface area contributed by atoms with E-state index in [1.807, 2.05) is 49.4 Å². The first-order valence-electron chi connectivity index (χ1n) is 9.15. The van der Waals surface area contributed by atoms with Gasteiger partial charge in [0.25, 0.3) is 5.91 Å². The van der Waals surface area contributed by atoms with Gasteiger partial charge in [-0.3, -0.25) is 4.79 Å². The van der Waals surface area contributed by atoms with E-state index in [-0.39, 0.29) is 6.61 Å². The van der Waals surface area contributed by atoms with Gasteiger partial charge in [0, 0.05) is 10.0 Å². The third-order valence-corrected chi connectivity index (χ3v) is 5.20. The SMILES string of the molecule is CCOc1ccc2ccccc2c1/C=N/NC(=O)COc1c(Br)cc(Br)cc1OC. The Hall–Kier alpha value is -2.58. The first kappa shape index (κ1) is 22.1. The number of carbonyl (C=O) groups is 1. The fourth-order valence-electron chi connectivity index (χ4n) is 2.86. The Balaban J connectivity index is 1.70. The van der Waals surface area contributed by atoms with Gasteiger partial charge in [0.05, 0.1) is 24.4 Å². The molecule has 156 valence electrons. The van der Waals surface area contributed by atoms with Crippen molar-refractivity contribution in [3.05, 3.63) is 63.0 Å². The zero-order valence-corrected chi connectivity index (χ0v) is 19.6. The second-order valence-electron chi connectivity index (χ2n) is 6.13. The molecule has 0 heterocycles. The minimum absolute atomic E-state index is 0.220. The van der Waals surface area contributed by atoms with E-state index in [2.05, 4.69) is 42.4 Å². The molecule has 0 aliphatic rings. The van der Waals surface area contributed by atoms with Crippen LogP contribution in [0, 0.1) is 0 Å². The lowest BCUT2D eigenvalue weighted by Gasteiger charge is -2.12. The molecule has 0 fully saturated rings. The lowest BCUT2D eigenvalue weighted by Crippen LogP contribution is -2.24. The van der Waals surface area contributed by atoms with E-state index in [1.54, 1.807) is 12.3 Å². The van der Waals surface area contributed by atoms with Gasteiger partial charge < -0.3 is 14.2 Å². The molecule has 0 spiro atoms. The maximum absolute atomic E-state index is 12.2. The van der Waals surface area contributed by atoms with E-state index < -0.39 is 5.91 Å². The smallest absolute Gasteiger partial charge is 0.277 e. The molecule has 0 unspecified atom stereocenters. The third kappa shape index (κ3) is 5.31. The fourth-order valence-corrected chi connectivity index (χ4v) is 4.16. The van der Waals surface area contributed by atoms with E-state index in [0.717, 1.165) is 20.8 Å². The largest absolute Gasteiger partial charge is 0.493 e. The summed E-state index contributed by atoms with van der Waals surface area (Å²) in [5.41, 5.74) is 3.29. The van der Waals surface area contributed by atoms with E-state index in [0.29, 0.717) is 28.3 Å². The van der Waals surface area contributed by atoms with Crippen molar-refractivity contribution in [3.63, 3.8) is 0 Å². The number of nitrogens with one attached hydrogen (secondary N) is 1. The maximum Gasteiger partial charge on any atom is 0.277 e. The summed E-state index contributed by atoms with van der Waals surface area (Å²) in [5, 5.41) is 6.14. The molecule has 0 saturated carbocycles. The second kappa shape index (κ2) is 10.4. The Labute approximate surface area is 191 Å². The van der Waals surface area contributed by atoms with Gasteiger partial charge in [-0.2, -0.15) is 5.10 Å². The predicted molar refractivity (Wildman–Crippen MR) is 125 cm³/mol. The number of rotatable bonds is 8. The number of fused-ring (bicyclic) bond motifs is 1. The molecule has 0 aliphatic heterocycles. The number of methoxy groups -OCH3 is 1. The van der Waals surface area contributed by atoms with Crippen molar-refractivity contribution >= 4 is 54.8 Å². The van der Waals surface area contributed by atoms with Crippen LogP contribution in [-0.2, 0) is 4.79 Å². The van der Waals surface area contributed by atoms with Crippen LogP contribution in [-0.4, -0.2) is 32.4 Å². The molecule has 0 bridgehead atoms. The molecule has 3 rings (SSSR count). The molecule has 30 heavy (non-hydrogen) atoms. The summed E-state index contributed by atoms with van der Waals surface area (Å²) in [6, 6.07) is 15.4. The molecule has 8 heteroatoms. The zero-order valence-electron chi connectivity index (χ0n) is 16.4. The second-order valence-corrected chi connectivity index (χ2v) is 7.90. The van der Waals surface area contributed by atoms with E-state index in [4.69, 9.17) is 14.2 Å². The topological polar surface area (TPSA) is 69.2 Å². The highest BCUT2D eigenvalue weighted by molar-refractivity contribution is 9.11. The molecule has 0 radical (unpaired) electrons. The van der Waals surface area contributed by atoms with Gasteiger partial charge in [-0.1, -0.05) is 46.3 Å². The number of nitrogens with zero attached hydrogens (tertiary/aromatic N) is 1. The maximum atomic E-state index is 12.2. The van der Waals surface area contributed by atoms with Gasteiger partial charge in [-0.15, -0.1) is 0 Å². The Bertz CT molecular complexity index is 1090. The van der Waals surface area contributed by atoms with Crippen LogP contribution in [0.2, 0.25) is 0 Å². The van der Waals surface area contributed by atoms with Gasteiger partial charge in [-0.05, 0) is 51.8 Å². The highest BCUT2D eigenvalue weighted by Gasteiger charge is 2.13. The van der Waals surface area contributed by atoms with Crippen molar-refractivity contribution in [2.24, 2.45) is 5.10 Å². The number of amides is 1. The molecule has 6 nitrogen and oxygen atoms in total. The summed E-state index contributed by atoms with van der Waals surface area (Å²) in [4.78, 5) is 12.2. The van der Waals surface area contributed by atoms with Gasteiger partial charge >= 0.3 is 0 Å². The molecule has 3 aromatic rings. The van der Waals surface area contributed by atoms with E-state index >= 15 is 0 Å². The minimum Gasteiger partial charge on any atom is -0.493 e. The molecule has 1 amide bonds. The van der Waals surface area contributed by atoms with Crippen LogP contribution in [0.5, 0.6) is 17.2 Å². The average molecular weight is 536 g/mol. The van der Waals surface area contributed by atoms with Crippen molar-refractivity contribution in [2.45, 2.75) is 6.92 Å². The molecular formula is C22H20Br2N2O4. The van der Waals surface area contributed by atoms with Crippen LogP contribution in [0.1, 0.15) is 12.5 Å². The van der Waals surface area contributed by atoms with Crippen LogP contribution in [0.15, 0.2) is 62.6 Å². The average Bonchev–Trinajstić information content (AvgIpc) is 2.74. The number of hydrogen-bond acceptors (Lipinski definition) is 5. The molecule has 0 atom stereocenters. The first-order valence-corrected chi connectivity index (χ1v) is 10.7. The molecular weight excluding hydrogens is 516 g/mol. The van der Waals surface area contributed by atoms with Crippen molar-refractivity contribution in [1.29, 1.82) is 0 Å². The normalized spacial score (nSPS) is 10.9. The Kier molecular flexibility index (Phi) is 7.70. The van der Waals surface area contributed by atoms with Gasteiger partial charge in [-0.25, -0.2) is 5.43 Å². The van der Waals surface area contributed by atoms with Crippen LogP contribution in [0.4, 0.5) is 0 Å². The molecule has 0 aromatic heterocycles. The van der Waals surface area contributed by atoms with E-state index in [1.165, 1.54) is 7.11 Å². The summed E-state index contributed by atoms with van der Waals surface area (Å²) >= 11 is 6.79. The number of ether oxygens (including phenoxy) is 3. The highest BCUT2D eigenvalue weighted by atomic mass is 79.9. The van der Waals surface area contributed by atoms with Crippen molar-refractivity contribution < 1.29 is 19.0 Å². The predicted octanol–water partition coefficient (Wildman–Crippen LogP) is 5.30. The van der Waals surface area contributed by atoms with Gasteiger partial charge in [0.2, 0.25) is 0 Å². The van der Waals surface area contributed by atoms with Gasteiger partial charge in [0.1, 0.15) is 5.75 Å². The Morgan fingerprint density at radius 3 is 2.67 bits per heavy atom. The van der Waals surface area contributed by atoms with Crippen LogP contribution in [0.25, 0.3) is 10.8 Å². The molecule has 3 aromatic carbocycles. The monoisotopic (exact) mass is 534 g/mol. The lowest BCUT2D eigenvalue weighted by atomic mass is 10.0. The minimum atomic E-state index is -0.402. The summed E-state index contributed by atoms with van der Waals surface area (Å²) < 4.78 is 18.1. The summed E-state index contributed by atoms with van der Waals surface area (Å²) in [5.74, 6) is 1.24. The quantitative estimate of drug-likeness (QED) is 0.314. The van der Waals surface area contributed by atoms with Crippen LogP contribution in [0.3, 0.4) is 0 Å². The van der Waals surface area contributed by atoms with E-state index in [9.17, 15) is 4.79 Å². The Morgan fingerprint density at radius 2 is 1.90 bits per heavy atom. The number of hydrazone groups is 1.